The summed E-state index contributed by atoms with van der Waals surface area (Å²) in [5.41, 5.74) is 0. The first-order valence-electron chi connectivity index (χ1n) is 3.74. The van der Waals surface area contributed by atoms with E-state index < -0.39 is 0 Å². The van der Waals surface area contributed by atoms with Crippen LogP contribution in [-0.2, 0) is 4.74 Å². The van der Waals surface area contributed by atoms with Gasteiger partial charge in [-0.3, -0.25) is 0 Å². The molecule has 0 bridgehead atoms. The molecule has 0 aliphatic carbocycles. The van der Waals surface area contributed by atoms with E-state index in [4.69, 9.17) is 5.11 Å². The Kier molecular flexibility index (Phi) is 5.35. The van der Waals surface area contributed by atoms with Crippen molar-refractivity contribution >= 4 is 0 Å². The van der Waals surface area contributed by atoms with Crippen LogP contribution in [0.3, 0.4) is 0 Å². The number of aliphatic hydroxyl groups excluding tert-OH is 1. The number of rotatable bonds is 5. The van der Waals surface area contributed by atoms with Gasteiger partial charge < -0.3 is 9.84 Å². The Hall–Kier alpha value is -0.920. The van der Waals surface area contributed by atoms with Crippen molar-refractivity contribution in [1.82, 2.24) is 0 Å². The van der Waals surface area contributed by atoms with Crippen LogP contribution in [-0.4, -0.2) is 12.2 Å². The van der Waals surface area contributed by atoms with E-state index in [0.717, 1.165) is 12.8 Å². The Balaban J connectivity index is 3.58. The van der Waals surface area contributed by atoms with Gasteiger partial charge in [-0.15, -0.1) is 6.58 Å². The summed E-state index contributed by atoms with van der Waals surface area (Å²) in [6.45, 7) is 5.73. The predicted octanol–water partition coefficient (Wildman–Crippen LogP) is 2.63. The summed E-state index contributed by atoms with van der Waals surface area (Å²) >= 11 is 0. The van der Waals surface area contributed by atoms with Crippen molar-refractivity contribution < 1.29 is 9.84 Å². The monoisotopic (exact) mass is 156 g/mol. The van der Waals surface area contributed by atoms with Crippen molar-refractivity contribution in [2.75, 3.05) is 7.11 Å². The lowest BCUT2D eigenvalue weighted by atomic mass is 10.0. The molecule has 0 aromatic carbocycles. The standard InChI is InChI=1S/C9H16O2/c1-4-5-8(2)6-7-9(10)11-3/h4,7-8,10H,1,5-6H2,2-3H3/b9-7-. The van der Waals surface area contributed by atoms with Gasteiger partial charge in [0.1, 0.15) is 0 Å². The van der Waals surface area contributed by atoms with Crippen LogP contribution >= 0.6 is 0 Å². The fourth-order valence-electron chi connectivity index (χ4n) is 0.766. The van der Waals surface area contributed by atoms with Gasteiger partial charge >= 0.3 is 0 Å². The van der Waals surface area contributed by atoms with Crippen LogP contribution in [0.15, 0.2) is 24.7 Å². The maximum atomic E-state index is 8.89. The van der Waals surface area contributed by atoms with E-state index in [2.05, 4.69) is 18.2 Å². The van der Waals surface area contributed by atoms with Gasteiger partial charge in [-0.2, -0.15) is 0 Å². The first-order chi connectivity index (χ1) is 5.20. The van der Waals surface area contributed by atoms with Gasteiger partial charge in [0.2, 0.25) is 0 Å². The summed E-state index contributed by atoms with van der Waals surface area (Å²) in [7, 11) is 1.45. The summed E-state index contributed by atoms with van der Waals surface area (Å²) in [4.78, 5) is 0. The molecule has 11 heavy (non-hydrogen) atoms. The predicted molar refractivity (Wildman–Crippen MR) is 46.3 cm³/mol. The molecule has 0 radical (unpaired) electrons. The molecule has 0 saturated carbocycles. The average molecular weight is 156 g/mol. The molecule has 0 aromatic heterocycles. The Bertz CT molecular complexity index is 138. The van der Waals surface area contributed by atoms with Crippen LogP contribution in [0.4, 0.5) is 0 Å². The molecule has 0 spiro atoms. The van der Waals surface area contributed by atoms with Gasteiger partial charge in [0.25, 0.3) is 5.95 Å². The van der Waals surface area contributed by atoms with Crippen LogP contribution in [0.25, 0.3) is 0 Å². The van der Waals surface area contributed by atoms with E-state index in [1.165, 1.54) is 7.11 Å². The molecule has 1 unspecified atom stereocenters. The first-order valence-corrected chi connectivity index (χ1v) is 3.74. The molecule has 2 heteroatoms. The minimum atomic E-state index is 0.000845. The maximum absolute atomic E-state index is 8.89. The Labute approximate surface area is 68.2 Å². The van der Waals surface area contributed by atoms with Crippen LogP contribution in [0.5, 0.6) is 0 Å². The second kappa shape index (κ2) is 5.83. The summed E-state index contributed by atoms with van der Waals surface area (Å²) in [5, 5.41) is 8.89. The third-order valence-corrected chi connectivity index (χ3v) is 1.47. The van der Waals surface area contributed by atoms with E-state index in [0.29, 0.717) is 5.92 Å². The third-order valence-electron chi connectivity index (χ3n) is 1.47. The van der Waals surface area contributed by atoms with Gasteiger partial charge in [-0.25, -0.2) is 0 Å². The first kappa shape index (κ1) is 10.1. The normalized spacial score (nSPS) is 14.2. The number of allylic oxidation sites excluding steroid dienone is 2. The molecule has 0 aliphatic heterocycles. The number of aliphatic hydroxyl groups is 1. The molecule has 0 rings (SSSR count). The summed E-state index contributed by atoms with van der Waals surface area (Å²) in [6, 6.07) is 0. The van der Waals surface area contributed by atoms with Gasteiger partial charge in [0.15, 0.2) is 0 Å². The van der Waals surface area contributed by atoms with Crippen molar-refractivity contribution in [1.29, 1.82) is 0 Å². The quantitative estimate of drug-likeness (QED) is 0.489. The molecular weight excluding hydrogens is 140 g/mol. The Morgan fingerprint density at radius 3 is 2.73 bits per heavy atom. The molecule has 0 aromatic rings. The molecular formula is C9H16O2. The minimum Gasteiger partial charge on any atom is -0.481 e. The summed E-state index contributed by atoms with van der Waals surface area (Å²) < 4.78 is 4.57. The highest BCUT2D eigenvalue weighted by Crippen LogP contribution is 2.09. The van der Waals surface area contributed by atoms with Gasteiger partial charge in [0.05, 0.1) is 7.11 Å². The van der Waals surface area contributed by atoms with Crippen LogP contribution in [0.1, 0.15) is 19.8 Å². The van der Waals surface area contributed by atoms with Crippen LogP contribution in [0.2, 0.25) is 0 Å². The fraction of sp³-hybridized carbons (Fsp3) is 0.556. The molecule has 1 N–H and O–H groups in total. The van der Waals surface area contributed by atoms with E-state index >= 15 is 0 Å². The third kappa shape index (κ3) is 5.52. The highest BCUT2D eigenvalue weighted by atomic mass is 16.6. The summed E-state index contributed by atoms with van der Waals surface area (Å²) in [6.07, 6.45) is 5.34. The van der Waals surface area contributed by atoms with Crippen molar-refractivity contribution in [3.8, 4) is 0 Å². The van der Waals surface area contributed by atoms with Crippen molar-refractivity contribution in [2.24, 2.45) is 5.92 Å². The highest BCUT2D eigenvalue weighted by Gasteiger charge is 1.97. The molecule has 0 saturated heterocycles. The maximum Gasteiger partial charge on any atom is 0.272 e. The lowest BCUT2D eigenvalue weighted by molar-refractivity contribution is 0.134. The molecule has 64 valence electrons. The molecule has 1 atom stereocenters. The number of methoxy groups -OCH3 is 1. The molecule has 0 amide bonds. The van der Waals surface area contributed by atoms with Gasteiger partial charge in [-0.1, -0.05) is 13.0 Å². The van der Waals surface area contributed by atoms with E-state index in [9.17, 15) is 0 Å². The van der Waals surface area contributed by atoms with Crippen molar-refractivity contribution in [2.45, 2.75) is 19.8 Å². The topological polar surface area (TPSA) is 29.5 Å². The minimum absolute atomic E-state index is 0.000845. The second-order valence-corrected chi connectivity index (χ2v) is 2.61. The van der Waals surface area contributed by atoms with Crippen LogP contribution in [0, 0.1) is 5.92 Å². The number of ether oxygens (including phenoxy) is 1. The highest BCUT2D eigenvalue weighted by molar-refractivity contribution is 4.84. The van der Waals surface area contributed by atoms with Crippen molar-refractivity contribution in [3.63, 3.8) is 0 Å². The van der Waals surface area contributed by atoms with E-state index in [1.807, 2.05) is 6.08 Å². The number of hydrogen-bond donors (Lipinski definition) is 1. The molecule has 2 nitrogen and oxygen atoms in total. The Morgan fingerprint density at radius 1 is 1.64 bits per heavy atom. The number of hydrogen-bond acceptors (Lipinski definition) is 2. The average Bonchev–Trinajstić information content (AvgIpc) is 2.01. The van der Waals surface area contributed by atoms with Gasteiger partial charge in [-0.05, 0) is 24.8 Å². The molecule has 0 aliphatic rings. The molecule has 0 fully saturated rings. The lowest BCUT2D eigenvalue weighted by Gasteiger charge is -2.03. The van der Waals surface area contributed by atoms with Crippen molar-refractivity contribution in [3.05, 3.63) is 24.7 Å². The zero-order valence-corrected chi connectivity index (χ0v) is 7.21. The van der Waals surface area contributed by atoms with E-state index in [-0.39, 0.29) is 5.95 Å². The SMILES string of the molecule is C=CCC(C)C/C=C(/O)OC. The smallest absolute Gasteiger partial charge is 0.272 e. The second-order valence-electron chi connectivity index (χ2n) is 2.61. The Morgan fingerprint density at radius 2 is 2.27 bits per heavy atom. The van der Waals surface area contributed by atoms with E-state index in [1.54, 1.807) is 6.08 Å². The summed E-state index contributed by atoms with van der Waals surface area (Å²) in [5.74, 6) is 0.519. The van der Waals surface area contributed by atoms with Gasteiger partial charge in [0, 0.05) is 0 Å². The molecule has 0 heterocycles. The lowest BCUT2D eigenvalue weighted by Crippen LogP contribution is -1.91. The zero-order valence-electron chi connectivity index (χ0n) is 7.21. The fourth-order valence-corrected chi connectivity index (χ4v) is 0.766. The largest absolute Gasteiger partial charge is 0.481 e. The zero-order chi connectivity index (χ0) is 8.69. The van der Waals surface area contributed by atoms with Crippen LogP contribution < -0.4 is 0 Å².